The lowest BCUT2D eigenvalue weighted by Gasteiger charge is -2.24. The Morgan fingerprint density at radius 3 is 1.62 bits per heavy atom. The summed E-state index contributed by atoms with van der Waals surface area (Å²) in [5.74, 6) is -0.807. The third kappa shape index (κ3) is 34.4. The van der Waals surface area contributed by atoms with Gasteiger partial charge in [0.25, 0.3) is 0 Å². The number of carbonyl (C=O) groups excluding carboxylic acids is 2. The van der Waals surface area contributed by atoms with Gasteiger partial charge in [-0.25, -0.2) is 4.57 Å². The van der Waals surface area contributed by atoms with E-state index >= 15 is 0 Å². The highest BCUT2D eigenvalue weighted by molar-refractivity contribution is 7.47. The molecule has 0 aliphatic heterocycles. The molecule has 0 rings (SSSR count). The third-order valence-electron chi connectivity index (χ3n) is 8.05. The van der Waals surface area contributed by atoms with E-state index in [9.17, 15) is 19.0 Å². The van der Waals surface area contributed by atoms with Gasteiger partial charge in [-0.05, 0) is 38.5 Å². The number of phosphoric ester groups is 1. The Morgan fingerprint density at radius 2 is 1.09 bits per heavy atom. The van der Waals surface area contributed by atoms with Crippen molar-refractivity contribution in [1.29, 1.82) is 0 Å². The molecule has 0 fully saturated rings. The summed E-state index contributed by atoms with van der Waals surface area (Å²) in [7, 11) is 1.47. The monoisotopic (exact) mass is 691 g/mol. The molecule has 0 saturated heterocycles. The van der Waals surface area contributed by atoms with Gasteiger partial charge in [-0.15, -0.1) is 0 Å². The van der Waals surface area contributed by atoms with E-state index in [1.807, 2.05) is 21.1 Å². The second kappa shape index (κ2) is 30.8. The fraction of sp³-hybridized carbons (Fsp3) is 0.892. The summed E-state index contributed by atoms with van der Waals surface area (Å²) in [6, 6.07) is 0. The second-order valence-corrected chi connectivity index (χ2v) is 15.4. The number of phosphoric acid groups is 1. The first-order valence-corrected chi connectivity index (χ1v) is 20.4. The van der Waals surface area contributed by atoms with Crippen LogP contribution in [0.1, 0.15) is 162 Å². The Labute approximate surface area is 288 Å². The number of rotatable bonds is 34. The molecule has 0 heterocycles. The lowest BCUT2D eigenvalue weighted by Crippen LogP contribution is -2.37. The van der Waals surface area contributed by atoms with Gasteiger partial charge >= 0.3 is 19.8 Å². The van der Waals surface area contributed by atoms with E-state index in [0.717, 1.165) is 51.4 Å². The number of esters is 2. The third-order valence-corrected chi connectivity index (χ3v) is 9.03. The topological polar surface area (TPSA) is 108 Å². The molecule has 0 aromatic heterocycles. The van der Waals surface area contributed by atoms with Crippen LogP contribution in [0.4, 0.5) is 0 Å². The molecule has 2 unspecified atom stereocenters. The van der Waals surface area contributed by atoms with Gasteiger partial charge in [0.2, 0.25) is 0 Å². The Kier molecular flexibility index (Phi) is 30.0. The largest absolute Gasteiger partial charge is 0.472 e. The Morgan fingerprint density at radius 1 is 0.638 bits per heavy atom. The molecule has 278 valence electrons. The maximum Gasteiger partial charge on any atom is 0.472 e. The van der Waals surface area contributed by atoms with Crippen LogP contribution in [0.15, 0.2) is 12.2 Å². The number of hydrogen-bond acceptors (Lipinski definition) is 7. The smallest absolute Gasteiger partial charge is 0.462 e. The first kappa shape index (κ1) is 45.8. The number of carbonyl (C=O) groups is 2. The summed E-state index contributed by atoms with van der Waals surface area (Å²) in [5, 5.41) is 0. The van der Waals surface area contributed by atoms with Crippen LogP contribution >= 0.6 is 7.82 Å². The number of allylic oxidation sites excluding steroid dienone is 2. The Hall–Kier alpha value is -1.25. The van der Waals surface area contributed by atoms with Crippen molar-refractivity contribution >= 4 is 19.8 Å². The van der Waals surface area contributed by atoms with E-state index in [1.165, 1.54) is 77.0 Å². The van der Waals surface area contributed by atoms with Crippen LogP contribution < -0.4 is 0 Å². The van der Waals surface area contributed by atoms with Crippen molar-refractivity contribution in [1.82, 2.24) is 0 Å². The van der Waals surface area contributed by atoms with Crippen molar-refractivity contribution in [3.63, 3.8) is 0 Å². The average molecular weight is 691 g/mol. The van der Waals surface area contributed by atoms with E-state index in [1.54, 1.807) is 0 Å². The molecule has 10 heteroatoms. The molecule has 9 nitrogen and oxygen atoms in total. The van der Waals surface area contributed by atoms with Gasteiger partial charge in [-0.1, -0.05) is 122 Å². The van der Waals surface area contributed by atoms with Gasteiger partial charge in [0.1, 0.15) is 19.8 Å². The van der Waals surface area contributed by atoms with Crippen molar-refractivity contribution < 1.29 is 42.1 Å². The van der Waals surface area contributed by atoms with Gasteiger partial charge < -0.3 is 18.9 Å². The van der Waals surface area contributed by atoms with Gasteiger partial charge in [-0.2, -0.15) is 0 Å². The highest BCUT2D eigenvalue weighted by Crippen LogP contribution is 2.43. The quantitative estimate of drug-likeness (QED) is 0.0234. The van der Waals surface area contributed by atoms with Crippen LogP contribution in [0, 0.1) is 0 Å². The number of quaternary nitrogens is 1. The van der Waals surface area contributed by atoms with Crippen LogP contribution in [-0.2, 0) is 32.7 Å². The van der Waals surface area contributed by atoms with E-state index in [2.05, 4.69) is 26.0 Å². The van der Waals surface area contributed by atoms with Gasteiger partial charge in [0, 0.05) is 12.8 Å². The second-order valence-electron chi connectivity index (χ2n) is 14.0. The lowest BCUT2D eigenvalue weighted by atomic mass is 10.1. The van der Waals surface area contributed by atoms with Crippen LogP contribution in [0.5, 0.6) is 0 Å². The number of ether oxygens (including phenoxy) is 2. The Bertz CT molecular complexity index is 830. The van der Waals surface area contributed by atoms with Gasteiger partial charge in [0.05, 0.1) is 27.7 Å². The van der Waals surface area contributed by atoms with Crippen LogP contribution in [0.3, 0.4) is 0 Å². The van der Waals surface area contributed by atoms with E-state index < -0.39 is 26.5 Å². The van der Waals surface area contributed by atoms with Gasteiger partial charge in [-0.3, -0.25) is 18.6 Å². The van der Waals surface area contributed by atoms with Crippen molar-refractivity contribution in [2.45, 2.75) is 168 Å². The molecule has 2 atom stereocenters. The molecule has 0 radical (unpaired) electrons. The zero-order valence-corrected chi connectivity index (χ0v) is 31.9. The maximum atomic E-state index is 12.6. The SMILES string of the molecule is CCCCC/C=C/CCCCCCCC(=O)OC(COC(=O)CCCCCCCCCCCCC)COP(=O)(O)OCC[N+](C)(C)C. The van der Waals surface area contributed by atoms with Crippen molar-refractivity contribution in [3.05, 3.63) is 12.2 Å². The number of unbranched alkanes of at least 4 members (excludes halogenated alkanes) is 18. The average Bonchev–Trinajstić information content (AvgIpc) is 3.01. The zero-order valence-electron chi connectivity index (χ0n) is 31.0. The summed E-state index contributed by atoms with van der Waals surface area (Å²) in [5.41, 5.74) is 0. The van der Waals surface area contributed by atoms with Gasteiger partial charge in [0.15, 0.2) is 6.10 Å². The minimum atomic E-state index is -4.36. The maximum absolute atomic E-state index is 12.6. The standard InChI is InChI=1S/C37H72NO8P/c1-6-8-10-12-14-16-18-20-22-24-26-28-30-37(40)46-35(34-45-47(41,42)44-32-31-38(3,4)5)33-43-36(39)29-27-25-23-21-19-17-15-13-11-9-7-2/h14,16,35H,6-13,15,17-34H2,1-5H3/p+1/b16-14+. The molecule has 0 spiro atoms. The molecule has 0 aromatic carbocycles. The van der Waals surface area contributed by atoms with Crippen molar-refractivity contribution in [2.24, 2.45) is 0 Å². The highest BCUT2D eigenvalue weighted by atomic mass is 31.2. The Balaban J connectivity index is 4.46. The minimum absolute atomic E-state index is 0.0327. The molecule has 1 N–H and O–H groups in total. The number of hydrogen-bond donors (Lipinski definition) is 1. The first-order valence-electron chi connectivity index (χ1n) is 18.9. The number of likely N-dealkylation sites (N-methyl/N-ethyl adjacent to an activating group) is 1. The predicted octanol–water partition coefficient (Wildman–Crippen LogP) is 9.85. The summed E-state index contributed by atoms with van der Waals surface area (Å²) < 4.78 is 34.1. The molecule has 0 aliphatic carbocycles. The highest BCUT2D eigenvalue weighted by Gasteiger charge is 2.27. The summed E-state index contributed by atoms with van der Waals surface area (Å²) in [6.07, 6.45) is 28.3. The molecular weight excluding hydrogens is 617 g/mol. The molecule has 0 aromatic rings. The first-order chi connectivity index (χ1) is 22.5. The summed E-state index contributed by atoms with van der Waals surface area (Å²) >= 11 is 0. The molecule has 0 aliphatic rings. The zero-order chi connectivity index (χ0) is 35.1. The van der Waals surface area contributed by atoms with E-state index in [-0.39, 0.29) is 25.6 Å². The number of nitrogens with zero attached hydrogens (tertiary/aromatic N) is 1. The van der Waals surface area contributed by atoms with Crippen LogP contribution in [0.2, 0.25) is 0 Å². The van der Waals surface area contributed by atoms with Crippen molar-refractivity contribution in [3.8, 4) is 0 Å². The minimum Gasteiger partial charge on any atom is -0.462 e. The van der Waals surface area contributed by atoms with Crippen LogP contribution in [-0.4, -0.2) is 74.9 Å². The molecule has 0 saturated carbocycles. The summed E-state index contributed by atoms with van der Waals surface area (Å²) in [4.78, 5) is 35.1. The fourth-order valence-electron chi connectivity index (χ4n) is 5.01. The molecular formula is C37H73NO8P+. The fourth-order valence-corrected chi connectivity index (χ4v) is 5.75. The normalized spacial score (nSPS) is 13.9. The van der Waals surface area contributed by atoms with Crippen molar-refractivity contribution in [2.75, 3.05) is 47.5 Å². The molecule has 0 amide bonds. The van der Waals surface area contributed by atoms with E-state index in [4.69, 9.17) is 18.5 Å². The molecule has 47 heavy (non-hydrogen) atoms. The van der Waals surface area contributed by atoms with E-state index in [0.29, 0.717) is 23.9 Å². The van der Waals surface area contributed by atoms with Crippen LogP contribution in [0.25, 0.3) is 0 Å². The predicted molar refractivity (Wildman–Crippen MR) is 192 cm³/mol. The summed E-state index contributed by atoms with van der Waals surface area (Å²) in [6.45, 7) is 4.37. The molecule has 0 bridgehead atoms. The lowest BCUT2D eigenvalue weighted by molar-refractivity contribution is -0.870.